The Balaban J connectivity index is 1.89. The number of amides is 2. The van der Waals surface area contributed by atoms with Crippen LogP contribution in [0.3, 0.4) is 0 Å². The van der Waals surface area contributed by atoms with Crippen molar-refractivity contribution >= 4 is 31.8 Å². The second-order valence-corrected chi connectivity index (χ2v) is 14.8. The summed E-state index contributed by atoms with van der Waals surface area (Å²) < 4.78 is 11.8. The smallest absolute Gasteiger partial charge is 0.407 e. The summed E-state index contributed by atoms with van der Waals surface area (Å²) in [4.78, 5) is 49.3. The average molecular weight is 464 g/mol. The number of carbonyl (C=O) groups is 4. The maximum absolute atomic E-state index is 13.0. The molecule has 0 saturated carbocycles. The number of nitrogens with two attached hydrogens (primary N) is 3. The highest BCUT2D eigenvalue weighted by Gasteiger charge is 2.44. The average Bonchev–Trinajstić information content (AvgIpc) is 3.16. The van der Waals surface area contributed by atoms with Crippen LogP contribution < -0.4 is 22.5 Å². The van der Waals surface area contributed by atoms with Crippen molar-refractivity contribution in [3.8, 4) is 0 Å². The third-order valence-corrected chi connectivity index (χ3v) is 7.42. The van der Waals surface area contributed by atoms with Crippen molar-refractivity contribution in [1.29, 1.82) is 0 Å². The van der Waals surface area contributed by atoms with E-state index >= 15 is 0 Å². The Kier molecular flexibility index (Phi) is 6.20. The molecule has 7 N–H and O–H groups in total. The zero-order chi connectivity index (χ0) is 24.0. The van der Waals surface area contributed by atoms with E-state index in [2.05, 4.69) is 25.0 Å². The van der Waals surface area contributed by atoms with Gasteiger partial charge in [0.1, 0.15) is 12.3 Å². The van der Waals surface area contributed by atoms with E-state index in [1.165, 1.54) is 6.92 Å². The fourth-order valence-corrected chi connectivity index (χ4v) is 4.63. The topological polar surface area (TPSA) is 182 Å². The number of nitrogens with one attached hydrogen (secondary N) is 1. The molecule has 2 aliphatic rings. The van der Waals surface area contributed by atoms with Crippen molar-refractivity contribution in [3.05, 3.63) is 33.8 Å². The minimum absolute atomic E-state index is 0.0564. The quantitative estimate of drug-likeness (QED) is 0.453. The first-order valence-electron chi connectivity index (χ1n) is 10.3. The molecule has 0 fully saturated rings. The molecule has 3 rings (SSSR count). The molecule has 0 saturated heterocycles. The van der Waals surface area contributed by atoms with E-state index in [-0.39, 0.29) is 41.2 Å². The molecule has 2 atom stereocenters. The summed E-state index contributed by atoms with van der Waals surface area (Å²) in [6, 6.07) is -0.546. The number of Topliss-reactive ketones (excluding diaryl/α,β-unsaturated/α-hetero) is 2. The number of nitrogens with zero attached hydrogens (tertiary/aromatic N) is 1. The first kappa shape index (κ1) is 23.5. The number of hydrogen-bond donors (Lipinski definition) is 4. The Morgan fingerprint density at radius 2 is 1.84 bits per heavy atom. The van der Waals surface area contributed by atoms with Crippen LogP contribution in [0, 0.1) is 0 Å². The molecule has 2 heterocycles. The van der Waals surface area contributed by atoms with Gasteiger partial charge in [-0.05, 0) is 13.0 Å². The predicted molar refractivity (Wildman–Crippen MR) is 118 cm³/mol. The summed E-state index contributed by atoms with van der Waals surface area (Å²) >= 11 is 0. The van der Waals surface area contributed by atoms with Gasteiger partial charge in [0.15, 0.2) is 0 Å². The fraction of sp³-hybridized carbons (Fsp3) is 0.500. The predicted octanol–water partition coefficient (Wildman–Crippen LogP) is 1.14. The number of ether oxygens (including phenoxy) is 2. The molecule has 0 radical (unpaired) electrons. The van der Waals surface area contributed by atoms with Crippen LogP contribution in [0.25, 0.3) is 0 Å². The monoisotopic (exact) mass is 463 g/mol. The zero-order valence-corrected chi connectivity index (χ0v) is 19.6. The molecular weight excluding hydrogens is 434 g/mol. The summed E-state index contributed by atoms with van der Waals surface area (Å²) in [6.07, 6.45) is -1.65. The molecule has 32 heavy (non-hydrogen) atoms. The molecule has 0 aromatic carbocycles. The van der Waals surface area contributed by atoms with Crippen LogP contribution in [-0.2, 0) is 22.6 Å². The first-order valence-corrected chi connectivity index (χ1v) is 14.0. The van der Waals surface area contributed by atoms with E-state index in [1.54, 1.807) is 4.57 Å². The van der Waals surface area contributed by atoms with Gasteiger partial charge >= 0.3 is 12.2 Å². The number of allylic oxidation sites excluding steroid dienone is 2. The summed E-state index contributed by atoms with van der Waals surface area (Å²) in [5, 5.41) is 2.74. The van der Waals surface area contributed by atoms with E-state index in [0.717, 1.165) is 6.04 Å². The zero-order valence-electron chi connectivity index (χ0n) is 18.6. The third-order valence-electron chi connectivity index (χ3n) is 5.72. The van der Waals surface area contributed by atoms with E-state index in [0.29, 0.717) is 12.3 Å². The molecule has 1 aliphatic heterocycles. The van der Waals surface area contributed by atoms with Gasteiger partial charge in [0.25, 0.3) is 0 Å². The van der Waals surface area contributed by atoms with Gasteiger partial charge in [0.2, 0.25) is 11.6 Å². The third kappa shape index (κ3) is 4.28. The Labute approximate surface area is 186 Å². The molecule has 1 aliphatic carbocycles. The van der Waals surface area contributed by atoms with Crippen LogP contribution in [0.1, 0.15) is 45.1 Å². The normalized spacial score (nSPS) is 20.2. The lowest BCUT2D eigenvalue weighted by Crippen LogP contribution is -2.42. The van der Waals surface area contributed by atoms with E-state index < -0.39 is 43.9 Å². The van der Waals surface area contributed by atoms with Gasteiger partial charge in [-0.25, -0.2) is 9.59 Å². The van der Waals surface area contributed by atoms with Gasteiger partial charge in [-0.2, -0.15) is 0 Å². The van der Waals surface area contributed by atoms with Gasteiger partial charge < -0.3 is 36.6 Å². The number of aromatic nitrogens is 1. The van der Waals surface area contributed by atoms with Crippen LogP contribution >= 0.6 is 0 Å². The van der Waals surface area contributed by atoms with Crippen molar-refractivity contribution in [2.24, 2.45) is 17.2 Å². The second-order valence-electron chi connectivity index (χ2n) is 9.23. The Hall–Kier alpha value is -3.12. The molecule has 2 amide bonds. The lowest BCUT2D eigenvalue weighted by molar-refractivity contribution is 0.0965. The highest BCUT2D eigenvalue weighted by atomic mass is 28.3. The van der Waals surface area contributed by atoms with Crippen molar-refractivity contribution in [2.45, 2.75) is 57.8 Å². The van der Waals surface area contributed by atoms with Gasteiger partial charge in [-0.1, -0.05) is 19.6 Å². The van der Waals surface area contributed by atoms with Gasteiger partial charge in [0.05, 0.1) is 30.0 Å². The van der Waals surface area contributed by atoms with E-state index in [1.807, 2.05) is 0 Å². The molecule has 11 nitrogen and oxygen atoms in total. The summed E-state index contributed by atoms with van der Waals surface area (Å²) in [5.74, 6) is -0.959. The molecule has 174 valence electrons. The number of alkyl carbamates (subject to hydrolysis) is 1. The van der Waals surface area contributed by atoms with Crippen molar-refractivity contribution in [3.63, 3.8) is 0 Å². The van der Waals surface area contributed by atoms with Gasteiger partial charge in [0, 0.05) is 31.4 Å². The van der Waals surface area contributed by atoms with Gasteiger partial charge in [-0.3, -0.25) is 9.59 Å². The number of ketones is 2. The SMILES string of the molecule is CC1=C(N)C(=O)c2c(COC(N)=O)c3n(c2C1=O)CC(NC(=O)OCC[Si](C)(C)C)C3N. The lowest BCUT2D eigenvalue weighted by Gasteiger charge is -2.21. The Bertz CT molecular complexity index is 1040. The number of carbonyl (C=O) groups excluding carboxylic acids is 4. The van der Waals surface area contributed by atoms with Crippen molar-refractivity contribution in [1.82, 2.24) is 9.88 Å². The standard InChI is InChI=1S/C20H29N5O6Si/c1-9-13(21)18(27)12-10(8-31-19(23)28)15-14(22)11(7-25(15)16(12)17(9)26)24-20(29)30-5-6-32(2,3)4/h11,14H,5-8,21-22H2,1-4H3,(H2,23,28)(H,24,29). The largest absolute Gasteiger partial charge is 0.450 e. The molecule has 0 spiro atoms. The maximum Gasteiger partial charge on any atom is 0.407 e. The summed E-state index contributed by atoms with van der Waals surface area (Å²) in [6.45, 7) is 8.09. The first-order chi connectivity index (χ1) is 14.8. The van der Waals surface area contributed by atoms with E-state index in [9.17, 15) is 19.2 Å². The molecule has 0 bridgehead atoms. The highest BCUT2D eigenvalue weighted by Crippen LogP contribution is 2.39. The Morgan fingerprint density at radius 1 is 1.19 bits per heavy atom. The van der Waals surface area contributed by atoms with Crippen LogP contribution in [0.2, 0.25) is 25.7 Å². The van der Waals surface area contributed by atoms with Crippen LogP contribution in [0.15, 0.2) is 11.3 Å². The van der Waals surface area contributed by atoms with Crippen LogP contribution in [0.4, 0.5) is 9.59 Å². The molecule has 12 heteroatoms. The summed E-state index contributed by atoms with van der Waals surface area (Å²) in [7, 11) is -1.36. The van der Waals surface area contributed by atoms with Crippen molar-refractivity contribution in [2.75, 3.05) is 6.61 Å². The molecular formula is C20H29N5O6Si. The fourth-order valence-electron chi connectivity index (χ4n) is 3.91. The van der Waals surface area contributed by atoms with Crippen LogP contribution in [-0.4, -0.2) is 49.0 Å². The second kappa shape index (κ2) is 8.43. The minimum Gasteiger partial charge on any atom is -0.450 e. The summed E-state index contributed by atoms with van der Waals surface area (Å²) in [5.41, 5.74) is 18.1. The number of primary amides is 1. The van der Waals surface area contributed by atoms with Gasteiger partial charge in [-0.15, -0.1) is 0 Å². The molecule has 2 unspecified atom stereocenters. The minimum atomic E-state index is -1.36. The Morgan fingerprint density at radius 3 is 2.44 bits per heavy atom. The maximum atomic E-state index is 13.0. The number of hydrogen-bond acceptors (Lipinski definition) is 8. The van der Waals surface area contributed by atoms with Crippen LogP contribution in [0.5, 0.6) is 0 Å². The molecule has 1 aromatic rings. The van der Waals surface area contributed by atoms with E-state index in [4.69, 9.17) is 26.7 Å². The molecule has 1 aromatic heterocycles. The highest BCUT2D eigenvalue weighted by molar-refractivity contribution is 6.76. The van der Waals surface area contributed by atoms with Crippen molar-refractivity contribution < 1.29 is 28.7 Å². The lowest BCUT2D eigenvalue weighted by atomic mass is 9.89. The number of fused-ring (bicyclic) bond motifs is 3. The number of rotatable bonds is 6.